The maximum atomic E-state index is 15.0. The van der Waals surface area contributed by atoms with E-state index in [9.17, 15) is 14.4 Å². The Hall–Kier alpha value is -4.90. The van der Waals surface area contributed by atoms with Crippen LogP contribution < -0.4 is 20.1 Å². The number of benzene rings is 3. The highest BCUT2D eigenvalue weighted by Crippen LogP contribution is 2.27. The van der Waals surface area contributed by atoms with Gasteiger partial charge < -0.3 is 25.0 Å². The molecule has 3 aliphatic rings. The van der Waals surface area contributed by atoms with Gasteiger partial charge in [0, 0.05) is 19.3 Å². The number of halogens is 1. The van der Waals surface area contributed by atoms with Crippen LogP contribution in [0.5, 0.6) is 11.5 Å². The van der Waals surface area contributed by atoms with Crippen LogP contribution in [0.3, 0.4) is 0 Å². The lowest BCUT2D eigenvalue weighted by atomic mass is 10.0. The average molecular weight is 613 g/mol. The van der Waals surface area contributed by atoms with E-state index < -0.39 is 23.9 Å². The number of fused-ring (bicyclic) bond motifs is 7. The minimum absolute atomic E-state index is 0.127. The van der Waals surface area contributed by atoms with Crippen molar-refractivity contribution in [3.05, 3.63) is 108 Å². The second-order valence-electron chi connectivity index (χ2n) is 10.4. The lowest BCUT2D eigenvalue weighted by molar-refractivity contribution is -0.127. The Bertz CT molecular complexity index is 1670. The summed E-state index contributed by atoms with van der Waals surface area (Å²) in [5.74, 6) is -0.542. The molecule has 1 saturated heterocycles. The number of carbonyl (C=O) groups is 3. The molecule has 224 valence electrons. The van der Waals surface area contributed by atoms with Crippen LogP contribution >= 0.6 is 11.8 Å². The fourth-order valence-corrected chi connectivity index (χ4v) is 5.81. The Balaban J connectivity index is 1.28. The number of ether oxygens (including phenoxy) is 2. The molecule has 7 rings (SSSR count). The molecule has 4 aromatic rings. The van der Waals surface area contributed by atoms with E-state index in [0.717, 1.165) is 10.6 Å². The van der Waals surface area contributed by atoms with Gasteiger partial charge in [0.05, 0.1) is 28.9 Å². The minimum Gasteiger partial charge on any atom is -0.486 e. The van der Waals surface area contributed by atoms with Crippen molar-refractivity contribution in [2.24, 2.45) is 0 Å². The van der Waals surface area contributed by atoms with Crippen molar-refractivity contribution < 1.29 is 28.2 Å². The molecule has 0 radical (unpaired) electrons. The first-order valence-electron chi connectivity index (χ1n) is 14.1. The summed E-state index contributed by atoms with van der Waals surface area (Å²) in [6, 6.07) is 23.4. The molecule has 0 unspecified atom stereocenters. The van der Waals surface area contributed by atoms with Crippen LogP contribution in [0.25, 0.3) is 11.1 Å². The first-order valence-corrected chi connectivity index (χ1v) is 15.1. The number of nitrogens with zero attached hydrogens (tertiary/aromatic N) is 2. The fourth-order valence-electron chi connectivity index (χ4n) is 5.05. The molecule has 3 aliphatic heterocycles. The van der Waals surface area contributed by atoms with Crippen molar-refractivity contribution in [3.63, 3.8) is 0 Å². The van der Waals surface area contributed by atoms with Gasteiger partial charge in [0.15, 0.2) is 6.61 Å². The molecule has 0 spiro atoms. The van der Waals surface area contributed by atoms with Crippen LogP contribution in [0.2, 0.25) is 0 Å². The Morgan fingerprint density at radius 3 is 2.61 bits per heavy atom. The average Bonchev–Trinajstić information content (AvgIpc) is 3.44. The van der Waals surface area contributed by atoms with Crippen molar-refractivity contribution in [3.8, 4) is 22.6 Å². The highest BCUT2D eigenvalue weighted by molar-refractivity contribution is 7.99. The maximum absolute atomic E-state index is 15.0. The van der Waals surface area contributed by atoms with Crippen molar-refractivity contribution in [1.29, 1.82) is 0 Å². The lowest BCUT2D eigenvalue weighted by Crippen LogP contribution is -2.45. The molecular formula is C33H29FN4O5S. The molecule has 0 aliphatic carbocycles. The fraction of sp³-hybridized carbons (Fsp3) is 0.212. The monoisotopic (exact) mass is 612 g/mol. The van der Waals surface area contributed by atoms with E-state index in [-0.39, 0.29) is 42.8 Å². The summed E-state index contributed by atoms with van der Waals surface area (Å²) in [6.45, 7) is 0.558. The van der Waals surface area contributed by atoms with Crippen molar-refractivity contribution in [1.82, 2.24) is 20.5 Å². The zero-order valence-electron chi connectivity index (χ0n) is 23.6. The molecule has 44 heavy (non-hydrogen) atoms. The third kappa shape index (κ3) is 7.00. The predicted molar refractivity (Wildman–Crippen MR) is 163 cm³/mol. The molecule has 2 atom stereocenters. The van der Waals surface area contributed by atoms with Crippen molar-refractivity contribution in [2.75, 3.05) is 25.4 Å². The number of carbonyl (C=O) groups excluding carboxylic acids is 3. The van der Waals surface area contributed by atoms with E-state index >= 15 is 4.39 Å². The Morgan fingerprint density at radius 1 is 0.955 bits per heavy atom. The van der Waals surface area contributed by atoms with Crippen LogP contribution in [0, 0.1) is 5.82 Å². The standard InChI is InChI=1S/C33H29FN4O5S/c34-27-12-9-23-15-26(27)33(41)37-28-17-38(32(40)20-44-31-6-1-2-13-35-31)18-29(28)43-24-10-7-21(8-11-24)16-36-30(39)19-42-25-5-3-4-22(23)14-25/h1-15,28-29H,16-20H2,(H,36,39)(H,37,41)/t28-,29-/m0/s1. The summed E-state index contributed by atoms with van der Waals surface area (Å²) in [4.78, 5) is 45.0. The molecule has 0 saturated carbocycles. The number of pyridine rings is 1. The normalized spacial score (nSPS) is 18.3. The number of aromatic nitrogens is 1. The summed E-state index contributed by atoms with van der Waals surface area (Å²) in [6.07, 6.45) is 1.09. The van der Waals surface area contributed by atoms with Crippen molar-refractivity contribution in [2.45, 2.75) is 23.7 Å². The molecule has 1 fully saturated rings. The number of thioether (sulfide) groups is 1. The Morgan fingerprint density at radius 2 is 1.80 bits per heavy atom. The number of rotatable bonds is 3. The van der Waals surface area contributed by atoms with Gasteiger partial charge in [-0.05, 0) is 65.2 Å². The molecular weight excluding hydrogens is 583 g/mol. The van der Waals surface area contributed by atoms with Crippen LogP contribution in [0.4, 0.5) is 4.39 Å². The van der Waals surface area contributed by atoms with Crippen LogP contribution in [0.15, 0.2) is 96.2 Å². The van der Waals surface area contributed by atoms with Gasteiger partial charge in [-0.15, -0.1) is 0 Å². The second kappa shape index (κ2) is 13.2. The van der Waals surface area contributed by atoms with E-state index in [1.165, 1.54) is 23.9 Å². The number of amides is 3. The summed E-state index contributed by atoms with van der Waals surface area (Å²) >= 11 is 1.33. The first-order chi connectivity index (χ1) is 21.4. The lowest BCUT2D eigenvalue weighted by Gasteiger charge is -2.21. The van der Waals surface area contributed by atoms with Gasteiger partial charge in [0.2, 0.25) is 5.91 Å². The second-order valence-corrected chi connectivity index (χ2v) is 11.4. The smallest absolute Gasteiger partial charge is 0.258 e. The molecule has 1 aromatic heterocycles. The van der Waals surface area contributed by atoms with E-state index in [1.807, 2.05) is 36.4 Å². The first kappa shape index (κ1) is 29.2. The van der Waals surface area contributed by atoms with E-state index in [1.54, 1.807) is 47.5 Å². The SMILES string of the molecule is O=C1COc2cccc(c2)-c2ccc(F)c(c2)C(=O)N[C@H]2CN(C(=O)CSc3ccccn3)C[C@@H]2Oc2ccc(cc2)CN1. The molecule has 3 amide bonds. The number of hydrogen-bond acceptors (Lipinski definition) is 7. The zero-order valence-corrected chi connectivity index (χ0v) is 24.4. The highest BCUT2D eigenvalue weighted by Gasteiger charge is 2.38. The Kier molecular flexibility index (Phi) is 8.74. The van der Waals surface area contributed by atoms with E-state index in [4.69, 9.17) is 9.47 Å². The molecule has 4 heterocycles. The molecule has 11 heteroatoms. The largest absolute Gasteiger partial charge is 0.486 e. The molecule has 6 bridgehead atoms. The molecule has 2 N–H and O–H groups in total. The van der Waals surface area contributed by atoms with Gasteiger partial charge in [0.1, 0.15) is 23.4 Å². The minimum atomic E-state index is -0.678. The third-order valence-corrected chi connectivity index (χ3v) is 8.29. The number of hydrogen-bond donors (Lipinski definition) is 2. The predicted octanol–water partition coefficient (Wildman–Crippen LogP) is 4.08. The quantitative estimate of drug-likeness (QED) is 0.336. The van der Waals surface area contributed by atoms with Gasteiger partial charge in [-0.1, -0.05) is 48.2 Å². The molecule has 3 aromatic carbocycles. The van der Waals surface area contributed by atoms with Crippen molar-refractivity contribution >= 4 is 29.5 Å². The topological polar surface area (TPSA) is 110 Å². The van der Waals surface area contributed by atoms with Crippen LogP contribution in [-0.4, -0.2) is 65.2 Å². The molecule has 9 nitrogen and oxygen atoms in total. The summed E-state index contributed by atoms with van der Waals surface area (Å²) < 4.78 is 27.0. The van der Waals surface area contributed by atoms with Crippen LogP contribution in [0.1, 0.15) is 15.9 Å². The van der Waals surface area contributed by atoms with E-state index in [0.29, 0.717) is 29.2 Å². The van der Waals surface area contributed by atoms with Crippen LogP contribution in [-0.2, 0) is 16.1 Å². The summed E-state index contributed by atoms with van der Waals surface area (Å²) in [7, 11) is 0. The van der Waals surface area contributed by atoms with Gasteiger partial charge in [-0.25, -0.2) is 9.37 Å². The van der Waals surface area contributed by atoms with Gasteiger partial charge >= 0.3 is 0 Å². The van der Waals surface area contributed by atoms with Gasteiger partial charge in [-0.3, -0.25) is 14.4 Å². The Labute approximate surface area is 257 Å². The third-order valence-electron chi connectivity index (χ3n) is 7.37. The van der Waals surface area contributed by atoms with Gasteiger partial charge in [0.25, 0.3) is 11.8 Å². The van der Waals surface area contributed by atoms with Gasteiger partial charge in [-0.2, -0.15) is 0 Å². The highest BCUT2D eigenvalue weighted by atomic mass is 32.2. The number of nitrogens with one attached hydrogen (secondary N) is 2. The number of likely N-dealkylation sites (tertiary alicyclic amines) is 1. The van der Waals surface area contributed by atoms with E-state index in [2.05, 4.69) is 15.6 Å². The zero-order chi connectivity index (χ0) is 30.5. The summed E-state index contributed by atoms with van der Waals surface area (Å²) in [5, 5.41) is 6.50. The summed E-state index contributed by atoms with van der Waals surface area (Å²) in [5.41, 5.74) is 2.01. The maximum Gasteiger partial charge on any atom is 0.258 e.